The molecular formula is C13H23NO2. The fourth-order valence-electron chi connectivity index (χ4n) is 2.46. The van der Waals surface area contributed by atoms with Gasteiger partial charge in [-0.1, -0.05) is 19.9 Å². The highest BCUT2D eigenvalue weighted by Gasteiger charge is 2.46. The molecule has 0 radical (unpaired) electrons. The molecule has 3 nitrogen and oxygen atoms in total. The zero-order valence-electron chi connectivity index (χ0n) is 10.4. The molecule has 0 amide bonds. The first-order valence-corrected chi connectivity index (χ1v) is 6.09. The van der Waals surface area contributed by atoms with Gasteiger partial charge in [-0.2, -0.15) is 0 Å². The number of allylic oxidation sites excluding steroid dienone is 1. The highest BCUT2D eigenvalue weighted by atomic mass is 16.4. The van der Waals surface area contributed by atoms with Gasteiger partial charge in [-0.25, -0.2) is 0 Å². The molecule has 1 unspecified atom stereocenters. The Morgan fingerprint density at radius 2 is 2.31 bits per heavy atom. The van der Waals surface area contributed by atoms with Gasteiger partial charge >= 0.3 is 5.97 Å². The Balaban J connectivity index is 2.53. The summed E-state index contributed by atoms with van der Waals surface area (Å²) in [6, 6.07) is 0. The summed E-state index contributed by atoms with van der Waals surface area (Å²) in [6.45, 7) is 10.3. The largest absolute Gasteiger partial charge is 0.481 e. The third-order valence-corrected chi connectivity index (χ3v) is 3.79. The summed E-state index contributed by atoms with van der Waals surface area (Å²) in [5.74, 6) is -0.428. The molecule has 0 saturated carbocycles. The van der Waals surface area contributed by atoms with E-state index in [1.165, 1.54) is 0 Å². The first-order valence-electron chi connectivity index (χ1n) is 6.09. The quantitative estimate of drug-likeness (QED) is 0.557. The second-order valence-corrected chi connectivity index (χ2v) is 5.07. The van der Waals surface area contributed by atoms with Crippen LogP contribution in [0.1, 0.15) is 33.1 Å². The molecule has 0 aliphatic carbocycles. The second kappa shape index (κ2) is 5.48. The second-order valence-electron chi connectivity index (χ2n) is 5.07. The number of carboxylic acids is 1. The van der Waals surface area contributed by atoms with E-state index in [9.17, 15) is 9.90 Å². The molecule has 1 atom stereocenters. The Hall–Kier alpha value is -0.830. The minimum atomic E-state index is -0.631. The van der Waals surface area contributed by atoms with E-state index in [4.69, 9.17) is 0 Å². The van der Waals surface area contributed by atoms with Crippen LogP contribution < -0.4 is 0 Å². The molecule has 0 aromatic heterocycles. The van der Waals surface area contributed by atoms with Crippen molar-refractivity contribution in [2.24, 2.45) is 11.3 Å². The van der Waals surface area contributed by atoms with Crippen LogP contribution in [0.3, 0.4) is 0 Å². The SMILES string of the molecule is C=CCCCN1CCC(C(=O)O)(C(C)C)C1. The van der Waals surface area contributed by atoms with Crippen LogP contribution in [-0.2, 0) is 4.79 Å². The number of unbranched alkanes of at least 4 members (excludes halogenated alkanes) is 1. The van der Waals surface area contributed by atoms with Gasteiger partial charge in [0.1, 0.15) is 0 Å². The topological polar surface area (TPSA) is 40.5 Å². The van der Waals surface area contributed by atoms with Crippen molar-refractivity contribution in [2.45, 2.75) is 33.1 Å². The van der Waals surface area contributed by atoms with Gasteiger partial charge in [-0.3, -0.25) is 4.79 Å². The summed E-state index contributed by atoms with van der Waals surface area (Å²) in [6.07, 6.45) is 4.80. The van der Waals surface area contributed by atoms with Gasteiger partial charge < -0.3 is 10.0 Å². The molecule has 16 heavy (non-hydrogen) atoms. The van der Waals surface area contributed by atoms with Gasteiger partial charge in [-0.15, -0.1) is 6.58 Å². The van der Waals surface area contributed by atoms with Crippen molar-refractivity contribution in [2.75, 3.05) is 19.6 Å². The molecule has 0 bridgehead atoms. The van der Waals surface area contributed by atoms with Gasteiger partial charge in [-0.05, 0) is 38.3 Å². The lowest BCUT2D eigenvalue weighted by Gasteiger charge is -2.28. The summed E-state index contributed by atoms with van der Waals surface area (Å²) in [5.41, 5.74) is -0.520. The van der Waals surface area contributed by atoms with E-state index in [1.807, 2.05) is 19.9 Å². The maximum absolute atomic E-state index is 11.4. The van der Waals surface area contributed by atoms with Crippen molar-refractivity contribution in [3.8, 4) is 0 Å². The number of aliphatic carboxylic acids is 1. The monoisotopic (exact) mass is 225 g/mol. The Bertz CT molecular complexity index is 263. The molecule has 0 aromatic carbocycles. The average molecular weight is 225 g/mol. The summed E-state index contributed by atoms with van der Waals surface area (Å²) >= 11 is 0. The number of hydrogen-bond acceptors (Lipinski definition) is 2. The fourth-order valence-corrected chi connectivity index (χ4v) is 2.46. The van der Waals surface area contributed by atoms with E-state index in [2.05, 4.69) is 11.5 Å². The zero-order valence-corrected chi connectivity index (χ0v) is 10.4. The molecule has 1 saturated heterocycles. The predicted octanol–water partition coefficient (Wildman–Crippen LogP) is 2.39. The van der Waals surface area contributed by atoms with E-state index >= 15 is 0 Å². The normalized spacial score (nSPS) is 26.2. The standard InChI is InChI=1S/C13H23NO2/c1-4-5-6-8-14-9-7-13(10-14,11(2)3)12(15)16/h4,11H,1,5-10H2,2-3H3,(H,15,16). The van der Waals surface area contributed by atoms with Crippen LogP contribution in [0.25, 0.3) is 0 Å². The van der Waals surface area contributed by atoms with Gasteiger partial charge in [0.15, 0.2) is 0 Å². The smallest absolute Gasteiger partial charge is 0.311 e. The van der Waals surface area contributed by atoms with Gasteiger partial charge in [0.2, 0.25) is 0 Å². The molecule has 1 N–H and O–H groups in total. The van der Waals surface area contributed by atoms with E-state index in [0.29, 0.717) is 6.54 Å². The van der Waals surface area contributed by atoms with Crippen molar-refractivity contribution >= 4 is 5.97 Å². The van der Waals surface area contributed by atoms with E-state index in [1.54, 1.807) is 0 Å². The molecule has 1 heterocycles. The summed E-state index contributed by atoms with van der Waals surface area (Å²) < 4.78 is 0. The lowest BCUT2D eigenvalue weighted by molar-refractivity contribution is -0.151. The predicted molar refractivity (Wildman–Crippen MR) is 65.4 cm³/mol. The summed E-state index contributed by atoms with van der Waals surface area (Å²) in [4.78, 5) is 13.7. The highest BCUT2D eigenvalue weighted by molar-refractivity contribution is 5.75. The lowest BCUT2D eigenvalue weighted by atomic mass is 9.76. The Labute approximate surface area is 98.1 Å². The van der Waals surface area contributed by atoms with Crippen LogP contribution in [0.15, 0.2) is 12.7 Å². The Kier molecular flexibility index (Phi) is 4.54. The van der Waals surface area contributed by atoms with Crippen LogP contribution in [-0.4, -0.2) is 35.6 Å². The van der Waals surface area contributed by atoms with Crippen molar-refractivity contribution < 1.29 is 9.90 Å². The van der Waals surface area contributed by atoms with Crippen LogP contribution in [0.4, 0.5) is 0 Å². The first kappa shape index (κ1) is 13.2. The van der Waals surface area contributed by atoms with E-state index in [0.717, 1.165) is 32.4 Å². The number of likely N-dealkylation sites (tertiary alicyclic amines) is 1. The van der Waals surface area contributed by atoms with Crippen LogP contribution >= 0.6 is 0 Å². The maximum Gasteiger partial charge on any atom is 0.311 e. The number of carbonyl (C=O) groups is 1. The number of nitrogens with zero attached hydrogens (tertiary/aromatic N) is 1. The summed E-state index contributed by atoms with van der Waals surface area (Å²) in [7, 11) is 0. The average Bonchev–Trinajstić information content (AvgIpc) is 2.64. The number of rotatable bonds is 6. The van der Waals surface area contributed by atoms with Crippen LogP contribution in [0.5, 0.6) is 0 Å². The molecule has 92 valence electrons. The third-order valence-electron chi connectivity index (χ3n) is 3.79. The third kappa shape index (κ3) is 2.64. The van der Waals surface area contributed by atoms with Crippen molar-refractivity contribution in [3.05, 3.63) is 12.7 Å². The number of hydrogen-bond donors (Lipinski definition) is 1. The first-order chi connectivity index (χ1) is 7.53. The molecule has 1 aliphatic heterocycles. The van der Waals surface area contributed by atoms with Crippen molar-refractivity contribution in [3.63, 3.8) is 0 Å². The summed E-state index contributed by atoms with van der Waals surface area (Å²) in [5, 5.41) is 9.38. The van der Waals surface area contributed by atoms with Gasteiger partial charge in [0, 0.05) is 6.54 Å². The van der Waals surface area contributed by atoms with Crippen LogP contribution in [0, 0.1) is 11.3 Å². The maximum atomic E-state index is 11.4. The molecule has 3 heteroatoms. The van der Waals surface area contributed by atoms with Gasteiger partial charge in [0.25, 0.3) is 0 Å². The minimum Gasteiger partial charge on any atom is -0.481 e. The zero-order chi connectivity index (χ0) is 12.2. The molecule has 1 fully saturated rings. The molecule has 1 aliphatic rings. The lowest BCUT2D eigenvalue weighted by Crippen LogP contribution is -2.39. The molecule has 0 aromatic rings. The number of carboxylic acid groups (broad SMARTS) is 1. The van der Waals surface area contributed by atoms with Gasteiger partial charge in [0.05, 0.1) is 5.41 Å². The van der Waals surface area contributed by atoms with E-state index in [-0.39, 0.29) is 5.92 Å². The molecular weight excluding hydrogens is 202 g/mol. The van der Waals surface area contributed by atoms with Crippen molar-refractivity contribution in [1.82, 2.24) is 4.90 Å². The Morgan fingerprint density at radius 1 is 1.62 bits per heavy atom. The highest BCUT2D eigenvalue weighted by Crippen LogP contribution is 2.38. The van der Waals surface area contributed by atoms with Crippen LogP contribution in [0.2, 0.25) is 0 Å². The fraction of sp³-hybridized carbons (Fsp3) is 0.769. The van der Waals surface area contributed by atoms with E-state index < -0.39 is 11.4 Å². The molecule has 0 spiro atoms. The van der Waals surface area contributed by atoms with Crippen molar-refractivity contribution in [1.29, 1.82) is 0 Å². The minimum absolute atomic E-state index is 0.203. The molecule has 1 rings (SSSR count). The Morgan fingerprint density at radius 3 is 2.75 bits per heavy atom.